The molecule has 2 aromatic rings. The SMILES string of the molecule is COC(=S)NC(c1cc(F)c(N2CCN(C(=O)CC(N)=O)CC2)c(F)c1)c1cn[nH]n1. The standard InChI is InChI=1S/C18H21F2N7O3S/c1-30-18(31)23-16(13-9-22-25-24-13)10-6-11(19)17(12(20)7-10)27-4-2-26(3-5-27)15(29)8-14(21)28/h6-7,9,16H,2-5,8H2,1H3,(H2,21,28)(H,23,31)(H,22,24,25). The van der Waals surface area contributed by atoms with E-state index in [1.54, 1.807) is 0 Å². The Labute approximate surface area is 181 Å². The van der Waals surface area contributed by atoms with Crippen LogP contribution in [0.1, 0.15) is 23.7 Å². The number of halogens is 2. The highest BCUT2D eigenvalue weighted by Crippen LogP contribution is 2.30. The maximum absolute atomic E-state index is 15.0. The van der Waals surface area contributed by atoms with Gasteiger partial charge in [0.1, 0.15) is 35.5 Å². The predicted octanol–water partition coefficient (Wildman–Crippen LogP) is 0.217. The molecule has 4 N–H and O–H groups in total. The van der Waals surface area contributed by atoms with Gasteiger partial charge in [-0.1, -0.05) is 0 Å². The minimum atomic E-state index is -0.785. The summed E-state index contributed by atoms with van der Waals surface area (Å²) in [7, 11) is 1.37. The molecule has 1 atom stereocenters. The van der Waals surface area contributed by atoms with Crippen LogP contribution in [0.15, 0.2) is 18.3 Å². The molecule has 0 saturated carbocycles. The number of carbonyl (C=O) groups is 2. The third-order valence-corrected chi connectivity index (χ3v) is 5.11. The van der Waals surface area contributed by atoms with Crippen LogP contribution in [-0.4, -0.2) is 70.6 Å². The number of thiocarbonyl (C=S) groups is 1. The summed E-state index contributed by atoms with van der Waals surface area (Å²) in [6.45, 7) is 0.850. The molecule has 2 amide bonds. The van der Waals surface area contributed by atoms with E-state index in [-0.39, 0.29) is 42.6 Å². The topological polar surface area (TPSA) is 129 Å². The second-order valence-electron chi connectivity index (χ2n) is 6.81. The van der Waals surface area contributed by atoms with Gasteiger partial charge in [-0.2, -0.15) is 15.4 Å². The monoisotopic (exact) mass is 453 g/mol. The van der Waals surface area contributed by atoms with Crippen molar-refractivity contribution in [3.63, 3.8) is 0 Å². The third kappa shape index (κ3) is 5.23. The summed E-state index contributed by atoms with van der Waals surface area (Å²) in [5.41, 5.74) is 5.45. The highest BCUT2D eigenvalue weighted by atomic mass is 32.1. The molecule has 3 rings (SSSR count). The van der Waals surface area contributed by atoms with Crippen molar-refractivity contribution in [1.29, 1.82) is 0 Å². The number of aromatic nitrogens is 3. The van der Waals surface area contributed by atoms with Crippen LogP contribution in [0.3, 0.4) is 0 Å². The van der Waals surface area contributed by atoms with Gasteiger partial charge in [0.05, 0.1) is 13.3 Å². The van der Waals surface area contributed by atoms with Crippen LogP contribution in [0, 0.1) is 11.6 Å². The summed E-state index contributed by atoms with van der Waals surface area (Å²) in [5.74, 6) is -2.67. The first-order chi connectivity index (χ1) is 14.8. The van der Waals surface area contributed by atoms with E-state index in [1.807, 2.05) is 0 Å². The summed E-state index contributed by atoms with van der Waals surface area (Å²) < 4.78 is 34.9. The van der Waals surface area contributed by atoms with E-state index in [0.29, 0.717) is 5.69 Å². The number of rotatable bonds is 6. The molecule has 13 heteroatoms. The molecule has 0 spiro atoms. The maximum Gasteiger partial charge on any atom is 0.257 e. The molecule has 1 aliphatic heterocycles. The summed E-state index contributed by atoms with van der Waals surface area (Å²) in [6, 6.07) is 1.59. The summed E-state index contributed by atoms with van der Waals surface area (Å²) in [4.78, 5) is 25.8. The van der Waals surface area contributed by atoms with Crippen LogP contribution in [0.5, 0.6) is 0 Å². The lowest BCUT2D eigenvalue weighted by Gasteiger charge is -2.36. The Kier molecular flexibility index (Phi) is 6.95. The first kappa shape index (κ1) is 22.3. The molecule has 1 unspecified atom stereocenters. The van der Waals surface area contributed by atoms with Gasteiger partial charge in [-0.05, 0) is 29.9 Å². The number of primary amides is 1. The van der Waals surface area contributed by atoms with E-state index in [9.17, 15) is 18.4 Å². The molecule has 1 saturated heterocycles. The number of carbonyl (C=O) groups excluding carboxylic acids is 2. The summed E-state index contributed by atoms with van der Waals surface area (Å²) in [6.07, 6.45) is 1.01. The number of nitrogens with two attached hydrogens (primary N) is 1. The second kappa shape index (κ2) is 9.64. The van der Waals surface area contributed by atoms with Crippen molar-refractivity contribution in [2.75, 3.05) is 38.2 Å². The van der Waals surface area contributed by atoms with Gasteiger partial charge in [0.15, 0.2) is 0 Å². The van der Waals surface area contributed by atoms with E-state index in [0.717, 1.165) is 0 Å². The van der Waals surface area contributed by atoms with E-state index in [1.165, 1.54) is 35.2 Å². The van der Waals surface area contributed by atoms with Crippen LogP contribution in [0.2, 0.25) is 0 Å². The van der Waals surface area contributed by atoms with Crippen molar-refractivity contribution in [3.8, 4) is 0 Å². The molecular formula is C18H21F2N7O3S. The molecule has 1 aromatic heterocycles. The molecule has 1 fully saturated rings. The van der Waals surface area contributed by atoms with Crippen molar-refractivity contribution in [1.82, 2.24) is 25.6 Å². The molecule has 0 radical (unpaired) electrons. The van der Waals surface area contributed by atoms with Gasteiger partial charge in [-0.15, -0.1) is 0 Å². The van der Waals surface area contributed by atoms with E-state index >= 15 is 0 Å². The number of amides is 2. The zero-order valence-electron chi connectivity index (χ0n) is 16.6. The second-order valence-corrected chi connectivity index (χ2v) is 7.18. The van der Waals surface area contributed by atoms with Crippen LogP contribution in [-0.2, 0) is 14.3 Å². The normalized spacial score (nSPS) is 14.8. The minimum absolute atomic E-state index is 0.0228. The lowest BCUT2D eigenvalue weighted by Crippen LogP contribution is -2.49. The average molecular weight is 453 g/mol. The smallest absolute Gasteiger partial charge is 0.257 e. The number of anilines is 1. The molecule has 10 nitrogen and oxygen atoms in total. The Morgan fingerprint density at radius 3 is 2.45 bits per heavy atom. The number of benzene rings is 1. The van der Waals surface area contributed by atoms with Gasteiger partial charge in [0, 0.05) is 26.2 Å². The first-order valence-electron chi connectivity index (χ1n) is 9.30. The quantitative estimate of drug-likeness (QED) is 0.418. The van der Waals surface area contributed by atoms with E-state index in [2.05, 4.69) is 20.7 Å². The van der Waals surface area contributed by atoms with Gasteiger partial charge in [-0.25, -0.2) is 8.78 Å². The number of methoxy groups -OCH3 is 1. The van der Waals surface area contributed by atoms with Crippen molar-refractivity contribution in [2.45, 2.75) is 12.5 Å². The Hall–Kier alpha value is -3.35. The molecule has 2 heterocycles. The molecule has 0 aliphatic carbocycles. The summed E-state index contributed by atoms with van der Waals surface area (Å²) >= 11 is 5.01. The fourth-order valence-corrected chi connectivity index (χ4v) is 3.47. The summed E-state index contributed by atoms with van der Waals surface area (Å²) in [5, 5.41) is 13.0. The Morgan fingerprint density at radius 1 is 1.29 bits per heavy atom. The Bertz CT molecular complexity index is 942. The highest BCUT2D eigenvalue weighted by Gasteiger charge is 2.28. The fourth-order valence-electron chi connectivity index (χ4n) is 3.35. The number of ether oxygens (including phenoxy) is 1. The number of hydrogen-bond acceptors (Lipinski definition) is 7. The first-order valence-corrected chi connectivity index (χ1v) is 9.71. The van der Waals surface area contributed by atoms with Crippen molar-refractivity contribution in [3.05, 3.63) is 41.2 Å². The minimum Gasteiger partial charge on any atom is -0.474 e. The van der Waals surface area contributed by atoms with E-state index < -0.39 is 35.9 Å². The van der Waals surface area contributed by atoms with Gasteiger partial charge in [0.2, 0.25) is 11.8 Å². The molecule has 1 aliphatic rings. The molecule has 166 valence electrons. The number of aromatic amines is 1. The Balaban J connectivity index is 1.80. The van der Waals surface area contributed by atoms with Gasteiger partial charge < -0.3 is 25.6 Å². The maximum atomic E-state index is 15.0. The van der Waals surface area contributed by atoms with E-state index in [4.69, 9.17) is 22.7 Å². The predicted molar refractivity (Wildman–Crippen MR) is 110 cm³/mol. The Morgan fingerprint density at radius 2 is 1.94 bits per heavy atom. The molecule has 0 bridgehead atoms. The number of piperazine rings is 1. The number of nitrogens with zero attached hydrogens (tertiary/aromatic N) is 4. The third-order valence-electron chi connectivity index (χ3n) is 4.82. The lowest BCUT2D eigenvalue weighted by atomic mass is 10.0. The van der Waals surface area contributed by atoms with Gasteiger partial charge in [0.25, 0.3) is 5.17 Å². The van der Waals surface area contributed by atoms with Gasteiger partial charge >= 0.3 is 0 Å². The largest absolute Gasteiger partial charge is 0.474 e. The number of nitrogens with one attached hydrogen (secondary N) is 2. The fraction of sp³-hybridized carbons (Fsp3) is 0.389. The molecular weight excluding hydrogens is 432 g/mol. The number of hydrogen-bond donors (Lipinski definition) is 3. The van der Waals surface area contributed by atoms with Crippen LogP contribution < -0.4 is 16.0 Å². The zero-order chi connectivity index (χ0) is 22.5. The highest BCUT2D eigenvalue weighted by molar-refractivity contribution is 7.80. The molecule has 1 aromatic carbocycles. The average Bonchev–Trinajstić information content (AvgIpc) is 3.25. The van der Waals surface area contributed by atoms with Gasteiger partial charge in [-0.3, -0.25) is 9.59 Å². The van der Waals surface area contributed by atoms with Crippen molar-refractivity contribution >= 4 is 34.9 Å². The van der Waals surface area contributed by atoms with Crippen molar-refractivity contribution < 1.29 is 23.1 Å². The number of H-pyrrole nitrogens is 1. The van der Waals surface area contributed by atoms with Crippen LogP contribution in [0.4, 0.5) is 14.5 Å². The van der Waals surface area contributed by atoms with Crippen LogP contribution >= 0.6 is 12.2 Å². The lowest BCUT2D eigenvalue weighted by molar-refractivity contribution is -0.135. The zero-order valence-corrected chi connectivity index (χ0v) is 17.4. The van der Waals surface area contributed by atoms with Crippen molar-refractivity contribution in [2.24, 2.45) is 5.73 Å². The van der Waals surface area contributed by atoms with Crippen LogP contribution in [0.25, 0.3) is 0 Å². The molecule has 31 heavy (non-hydrogen) atoms.